The third kappa shape index (κ3) is 6.00. The maximum absolute atomic E-state index is 14.3. The Morgan fingerprint density at radius 3 is 2.53 bits per heavy atom. The lowest BCUT2D eigenvalue weighted by Crippen LogP contribution is -2.53. The van der Waals surface area contributed by atoms with E-state index < -0.39 is 5.67 Å². The molecular formula is C15H28FNO2. The fraction of sp³-hybridized carbons (Fsp3) is 0.933. The Morgan fingerprint density at radius 2 is 1.89 bits per heavy atom. The largest absolute Gasteiger partial charge is 0.396 e. The Labute approximate surface area is 116 Å². The van der Waals surface area contributed by atoms with Crippen LogP contribution in [0.5, 0.6) is 0 Å². The van der Waals surface area contributed by atoms with Gasteiger partial charge in [0.05, 0.1) is 0 Å². The van der Waals surface area contributed by atoms with Crippen molar-refractivity contribution in [3.63, 3.8) is 0 Å². The second kappa shape index (κ2) is 7.34. The van der Waals surface area contributed by atoms with Gasteiger partial charge in [0.25, 0.3) is 0 Å². The van der Waals surface area contributed by atoms with Gasteiger partial charge in [0.1, 0.15) is 12.0 Å². The smallest absolute Gasteiger partial charge is 0.121 e. The number of aldehydes is 1. The van der Waals surface area contributed by atoms with Gasteiger partial charge in [-0.1, -0.05) is 19.8 Å². The van der Waals surface area contributed by atoms with Gasteiger partial charge in [-0.05, 0) is 32.7 Å². The molecule has 0 aromatic rings. The number of hydrogen-bond donors (Lipinski definition) is 1. The van der Waals surface area contributed by atoms with Gasteiger partial charge in [-0.25, -0.2) is 4.39 Å². The summed E-state index contributed by atoms with van der Waals surface area (Å²) >= 11 is 0. The van der Waals surface area contributed by atoms with E-state index in [9.17, 15) is 14.3 Å². The number of hydrogen-bond acceptors (Lipinski definition) is 3. The third-order valence-electron chi connectivity index (χ3n) is 3.88. The Balaban J connectivity index is 2.30. The Hall–Kier alpha value is -0.480. The normalized spacial score (nSPS) is 32.4. The average molecular weight is 273 g/mol. The van der Waals surface area contributed by atoms with Crippen LogP contribution in [-0.2, 0) is 4.79 Å². The topological polar surface area (TPSA) is 40.5 Å². The highest BCUT2D eigenvalue weighted by Crippen LogP contribution is 2.37. The Kier molecular flexibility index (Phi) is 6.40. The summed E-state index contributed by atoms with van der Waals surface area (Å²) in [4.78, 5) is 12.3. The number of aliphatic hydroxyl groups is 1. The van der Waals surface area contributed by atoms with Crippen LogP contribution in [0.3, 0.4) is 0 Å². The summed E-state index contributed by atoms with van der Waals surface area (Å²) in [6.07, 6.45) is 6.20. The Morgan fingerprint density at radius 1 is 1.21 bits per heavy atom. The third-order valence-corrected chi connectivity index (χ3v) is 3.88. The number of unbranched alkanes of at least 4 members (excludes halogenated alkanes) is 4. The number of nitrogens with zero attached hydrogens (tertiary/aromatic N) is 1. The molecule has 0 aromatic heterocycles. The molecule has 1 N–H and O–H groups in total. The molecule has 1 rings (SSSR count). The summed E-state index contributed by atoms with van der Waals surface area (Å²) in [5.74, 6) is 0. The van der Waals surface area contributed by atoms with Crippen molar-refractivity contribution >= 4 is 6.29 Å². The van der Waals surface area contributed by atoms with Crippen molar-refractivity contribution < 1.29 is 14.3 Å². The lowest BCUT2D eigenvalue weighted by Gasteiger charge is -2.45. The molecule has 0 saturated carbocycles. The minimum Gasteiger partial charge on any atom is -0.396 e. The van der Waals surface area contributed by atoms with Crippen molar-refractivity contribution in [2.75, 3.05) is 26.2 Å². The van der Waals surface area contributed by atoms with Crippen molar-refractivity contribution in [1.82, 2.24) is 4.90 Å². The second-order valence-corrected chi connectivity index (χ2v) is 6.64. The second-order valence-electron chi connectivity index (χ2n) is 6.64. The van der Waals surface area contributed by atoms with Crippen LogP contribution in [0, 0.1) is 5.41 Å². The molecule has 0 amide bonds. The van der Waals surface area contributed by atoms with Gasteiger partial charge in [-0.3, -0.25) is 4.90 Å². The molecule has 0 aromatic carbocycles. The molecule has 0 radical (unpaired) electrons. The first-order valence-electron chi connectivity index (χ1n) is 7.37. The molecule has 1 aliphatic rings. The van der Waals surface area contributed by atoms with Gasteiger partial charge in [-0.15, -0.1) is 0 Å². The van der Waals surface area contributed by atoms with Crippen LogP contribution in [0.1, 0.15) is 52.4 Å². The predicted molar refractivity (Wildman–Crippen MR) is 74.9 cm³/mol. The standard InChI is InChI=1S/C15H28FNO2/c1-14(13-19)10-15(2,16)12-17(11-14)8-6-4-3-5-7-9-18/h9,19H,3-8,10-13H2,1-2H3. The molecule has 1 fully saturated rings. The van der Waals surface area contributed by atoms with Gasteiger partial charge in [0, 0.05) is 31.5 Å². The maximum atomic E-state index is 14.3. The van der Waals surface area contributed by atoms with Crippen LogP contribution in [0.2, 0.25) is 0 Å². The summed E-state index contributed by atoms with van der Waals surface area (Å²) < 4.78 is 14.3. The van der Waals surface area contributed by atoms with Crippen LogP contribution >= 0.6 is 0 Å². The summed E-state index contributed by atoms with van der Waals surface area (Å²) in [7, 11) is 0. The molecule has 0 bridgehead atoms. The molecule has 2 atom stereocenters. The van der Waals surface area contributed by atoms with E-state index in [2.05, 4.69) is 4.90 Å². The van der Waals surface area contributed by atoms with E-state index in [-0.39, 0.29) is 12.0 Å². The van der Waals surface area contributed by atoms with Crippen molar-refractivity contribution in [1.29, 1.82) is 0 Å². The van der Waals surface area contributed by atoms with E-state index in [1.165, 1.54) is 0 Å². The molecule has 3 nitrogen and oxygen atoms in total. The van der Waals surface area contributed by atoms with Gasteiger partial charge >= 0.3 is 0 Å². The minimum absolute atomic E-state index is 0.0440. The number of rotatable bonds is 8. The number of carbonyl (C=O) groups excluding carboxylic acids is 1. The first-order valence-corrected chi connectivity index (χ1v) is 7.37. The monoisotopic (exact) mass is 273 g/mol. The molecular weight excluding hydrogens is 245 g/mol. The van der Waals surface area contributed by atoms with Gasteiger partial charge in [0.15, 0.2) is 0 Å². The molecule has 4 heteroatoms. The number of likely N-dealkylation sites (tertiary alicyclic amines) is 1. The molecule has 112 valence electrons. The van der Waals surface area contributed by atoms with Crippen LogP contribution in [0.25, 0.3) is 0 Å². The number of piperidine rings is 1. The van der Waals surface area contributed by atoms with E-state index in [1.54, 1.807) is 6.92 Å². The molecule has 0 aliphatic carbocycles. The van der Waals surface area contributed by atoms with Crippen molar-refractivity contribution in [3.05, 3.63) is 0 Å². The van der Waals surface area contributed by atoms with Crippen molar-refractivity contribution in [3.8, 4) is 0 Å². The molecule has 0 spiro atoms. The molecule has 1 saturated heterocycles. The average Bonchev–Trinajstić information content (AvgIpc) is 2.31. The quantitative estimate of drug-likeness (QED) is 0.546. The molecule has 19 heavy (non-hydrogen) atoms. The number of carbonyl (C=O) groups is 1. The van der Waals surface area contributed by atoms with E-state index in [1.807, 2.05) is 6.92 Å². The number of aliphatic hydroxyl groups excluding tert-OH is 1. The lowest BCUT2D eigenvalue weighted by molar-refractivity contribution is -0.107. The highest BCUT2D eigenvalue weighted by Gasteiger charge is 2.42. The van der Waals surface area contributed by atoms with E-state index in [0.717, 1.165) is 45.1 Å². The predicted octanol–water partition coefficient (Wildman–Crippen LogP) is 2.57. The summed E-state index contributed by atoms with van der Waals surface area (Å²) in [6, 6.07) is 0. The summed E-state index contributed by atoms with van der Waals surface area (Å²) in [5, 5.41) is 9.44. The molecule has 1 aliphatic heterocycles. The van der Waals surface area contributed by atoms with Gasteiger partial charge < -0.3 is 9.90 Å². The molecule has 2 unspecified atom stereocenters. The van der Waals surface area contributed by atoms with E-state index in [0.29, 0.717) is 19.4 Å². The Bertz CT molecular complexity index is 283. The van der Waals surface area contributed by atoms with Crippen LogP contribution in [0.15, 0.2) is 0 Å². The number of halogens is 1. The SMILES string of the molecule is CC1(F)CN(CCCCCCC=O)CC(C)(CO)C1. The molecule has 1 heterocycles. The number of alkyl halides is 1. The zero-order valence-electron chi connectivity index (χ0n) is 12.3. The highest BCUT2D eigenvalue weighted by molar-refractivity contribution is 5.48. The fourth-order valence-corrected chi connectivity index (χ4v) is 3.24. The first-order chi connectivity index (χ1) is 8.91. The minimum atomic E-state index is -1.20. The van der Waals surface area contributed by atoms with Crippen molar-refractivity contribution in [2.45, 2.75) is 58.0 Å². The van der Waals surface area contributed by atoms with Crippen LogP contribution < -0.4 is 0 Å². The summed E-state index contributed by atoms with van der Waals surface area (Å²) in [5.41, 5.74) is -1.52. The van der Waals surface area contributed by atoms with Crippen molar-refractivity contribution in [2.24, 2.45) is 5.41 Å². The zero-order chi connectivity index (χ0) is 14.4. The maximum Gasteiger partial charge on any atom is 0.121 e. The van der Waals surface area contributed by atoms with Crippen LogP contribution in [0.4, 0.5) is 4.39 Å². The highest BCUT2D eigenvalue weighted by atomic mass is 19.1. The summed E-state index contributed by atoms with van der Waals surface area (Å²) in [6.45, 7) is 5.77. The van der Waals surface area contributed by atoms with E-state index >= 15 is 0 Å². The van der Waals surface area contributed by atoms with Gasteiger partial charge in [-0.2, -0.15) is 0 Å². The van der Waals surface area contributed by atoms with E-state index in [4.69, 9.17) is 0 Å². The van der Waals surface area contributed by atoms with Gasteiger partial charge in [0.2, 0.25) is 0 Å². The fourth-order valence-electron chi connectivity index (χ4n) is 3.24. The van der Waals surface area contributed by atoms with Crippen LogP contribution in [-0.4, -0.2) is 48.2 Å². The first kappa shape index (κ1) is 16.6. The zero-order valence-corrected chi connectivity index (χ0v) is 12.3. The lowest BCUT2D eigenvalue weighted by atomic mass is 9.76.